The number of aliphatic hydroxyl groups excluding tert-OH is 1. The molecule has 168 valence electrons. The van der Waals surface area contributed by atoms with E-state index in [9.17, 15) is 23.1 Å². The molecular formula is C21H26F3N5O2. The van der Waals surface area contributed by atoms with Gasteiger partial charge in [-0.15, -0.1) is 0 Å². The van der Waals surface area contributed by atoms with Crippen molar-refractivity contribution in [2.75, 3.05) is 23.3 Å². The molecule has 1 saturated heterocycles. The number of nitrogens with one attached hydrogen (secondary N) is 1. The lowest BCUT2D eigenvalue weighted by Gasteiger charge is -2.37. The minimum absolute atomic E-state index is 0.0600. The van der Waals surface area contributed by atoms with Crippen LogP contribution in [0.25, 0.3) is 0 Å². The first-order valence-electron chi connectivity index (χ1n) is 10.6. The van der Waals surface area contributed by atoms with Crippen LogP contribution in [0.5, 0.6) is 0 Å². The van der Waals surface area contributed by atoms with Crippen LogP contribution in [0.15, 0.2) is 35.3 Å². The topological polar surface area (TPSA) is 83.3 Å². The second-order valence-corrected chi connectivity index (χ2v) is 8.19. The van der Waals surface area contributed by atoms with E-state index in [1.165, 1.54) is 16.8 Å². The molecule has 1 aliphatic heterocycles. The maximum absolute atomic E-state index is 12.7. The maximum Gasteiger partial charge on any atom is 0.417 e. The van der Waals surface area contributed by atoms with Crippen LogP contribution in [0.4, 0.5) is 24.8 Å². The highest BCUT2D eigenvalue weighted by Gasteiger charge is 2.31. The molecule has 0 aromatic carbocycles. The highest BCUT2D eigenvalue weighted by molar-refractivity contribution is 5.41. The van der Waals surface area contributed by atoms with Crippen molar-refractivity contribution in [1.29, 1.82) is 0 Å². The lowest BCUT2D eigenvalue weighted by Crippen LogP contribution is -2.45. The fourth-order valence-corrected chi connectivity index (χ4v) is 4.42. The van der Waals surface area contributed by atoms with Crippen molar-refractivity contribution in [3.8, 4) is 0 Å². The third-order valence-electron chi connectivity index (χ3n) is 6.10. The molecule has 0 spiro atoms. The fraction of sp³-hybridized carbons (Fsp3) is 0.571. The Labute approximate surface area is 177 Å². The molecule has 0 amide bonds. The van der Waals surface area contributed by atoms with Crippen molar-refractivity contribution in [2.45, 2.75) is 62.9 Å². The second-order valence-electron chi connectivity index (χ2n) is 8.19. The van der Waals surface area contributed by atoms with Gasteiger partial charge in [0.15, 0.2) is 0 Å². The van der Waals surface area contributed by atoms with Gasteiger partial charge in [0.25, 0.3) is 5.56 Å². The van der Waals surface area contributed by atoms with Gasteiger partial charge in [-0.05, 0) is 56.7 Å². The molecule has 31 heavy (non-hydrogen) atoms. The molecule has 10 heteroatoms. The van der Waals surface area contributed by atoms with Gasteiger partial charge in [-0.1, -0.05) is 0 Å². The zero-order chi connectivity index (χ0) is 22.0. The van der Waals surface area contributed by atoms with Gasteiger partial charge < -0.3 is 15.3 Å². The number of aromatic nitrogens is 3. The van der Waals surface area contributed by atoms with Crippen molar-refractivity contribution in [2.24, 2.45) is 0 Å². The van der Waals surface area contributed by atoms with Gasteiger partial charge in [0.2, 0.25) is 0 Å². The molecule has 2 aromatic heterocycles. The Balaban J connectivity index is 1.48. The summed E-state index contributed by atoms with van der Waals surface area (Å²) in [6.07, 6.45) is 1.01. The molecule has 2 fully saturated rings. The van der Waals surface area contributed by atoms with Gasteiger partial charge in [-0.2, -0.15) is 18.3 Å². The van der Waals surface area contributed by atoms with Crippen LogP contribution < -0.4 is 15.8 Å². The number of nitrogens with zero attached hydrogens (tertiary/aromatic N) is 4. The lowest BCUT2D eigenvalue weighted by atomic mass is 10.0. The van der Waals surface area contributed by atoms with Gasteiger partial charge in [0.05, 0.1) is 17.7 Å². The summed E-state index contributed by atoms with van der Waals surface area (Å²) in [6.45, 7) is 1.26. The number of aliphatic hydroxyl groups is 1. The Kier molecular flexibility index (Phi) is 6.17. The summed E-state index contributed by atoms with van der Waals surface area (Å²) in [5.41, 5.74) is -1.01. The van der Waals surface area contributed by atoms with Gasteiger partial charge in [-0.3, -0.25) is 4.79 Å². The largest absolute Gasteiger partial charge is 0.417 e. The average molecular weight is 437 g/mol. The van der Waals surface area contributed by atoms with Gasteiger partial charge in [-0.25, -0.2) is 9.67 Å². The summed E-state index contributed by atoms with van der Waals surface area (Å²) < 4.78 is 39.6. The first-order valence-corrected chi connectivity index (χ1v) is 10.6. The number of rotatable bonds is 5. The monoisotopic (exact) mass is 437 g/mol. The standard InChI is InChI=1S/C21H26F3N5O2/c22-21(23,24)14-7-8-18(25-12-14)26-13-15-4-1-2-11-28(15)19-9-10-20(31)29(27-19)16-5-3-6-17(16)30/h7-10,12,15-17,30H,1-6,11,13H2,(H,25,26). The quantitative estimate of drug-likeness (QED) is 0.748. The van der Waals surface area contributed by atoms with E-state index in [1.54, 1.807) is 6.07 Å². The Morgan fingerprint density at radius 3 is 2.61 bits per heavy atom. The third kappa shape index (κ3) is 4.84. The molecular weight excluding hydrogens is 411 g/mol. The number of piperidine rings is 1. The third-order valence-corrected chi connectivity index (χ3v) is 6.10. The van der Waals surface area contributed by atoms with E-state index < -0.39 is 17.8 Å². The van der Waals surface area contributed by atoms with Crippen LogP contribution in [0.3, 0.4) is 0 Å². The smallest absolute Gasteiger partial charge is 0.391 e. The zero-order valence-electron chi connectivity index (χ0n) is 17.1. The molecule has 2 aliphatic rings. The molecule has 7 nitrogen and oxygen atoms in total. The molecule has 2 N–H and O–H groups in total. The van der Waals surface area contributed by atoms with Crippen molar-refractivity contribution >= 4 is 11.6 Å². The van der Waals surface area contributed by atoms with Gasteiger partial charge >= 0.3 is 6.18 Å². The normalized spacial score (nSPS) is 24.4. The Morgan fingerprint density at radius 1 is 1.10 bits per heavy atom. The summed E-state index contributed by atoms with van der Waals surface area (Å²) in [6, 6.07) is 5.29. The molecule has 0 bridgehead atoms. The van der Waals surface area contributed by atoms with Gasteiger partial charge in [0, 0.05) is 31.4 Å². The molecule has 4 rings (SSSR count). The SMILES string of the molecule is O=c1ccc(N2CCCCC2CNc2ccc(C(F)(F)F)cn2)nn1C1CCCC1O. The Morgan fingerprint density at radius 2 is 1.94 bits per heavy atom. The first kappa shape index (κ1) is 21.6. The number of alkyl halides is 3. The van der Waals surface area contributed by atoms with Crippen LogP contribution >= 0.6 is 0 Å². The van der Waals surface area contributed by atoms with Crippen molar-refractivity contribution < 1.29 is 18.3 Å². The van der Waals surface area contributed by atoms with E-state index in [0.29, 0.717) is 24.6 Å². The Bertz CT molecular complexity index is 947. The van der Waals surface area contributed by atoms with E-state index in [2.05, 4.69) is 20.3 Å². The van der Waals surface area contributed by atoms with E-state index >= 15 is 0 Å². The van der Waals surface area contributed by atoms with E-state index in [0.717, 1.165) is 50.9 Å². The van der Waals surface area contributed by atoms with Crippen LogP contribution in [0.2, 0.25) is 0 Å². The zero-order valence-corrected chi connectivity index (χ0v) is 17.1. The summed E-state index contributed by atoms with van der Waals surface area (Å²) in [7, 11) is 0. The van der Waals surface area contributed by atoms with Crippen LogP contribution in [-0.2, 0) is 6.18 Å². The highest BCUT2D eigenvalue weighted by atomic mass is 19.4. The number of hydrogen-bond donors (Lipinski definition) is 2. The number of pyridine rings is 1. The molecule has 2 aromatic rings. The minimum Gasteiger partial charge on any atom is -0.391 e. The second kappa shape index (κ2) is 8.86. The predicted octanol–water partition coefficient (Wildman–Crippen LogP) is 3.21. The molecule has 3 unspecified atom stereocenters. The van der Waals surface area contributed by atoms with E-state index in [4.69, 9.17) is 0 Å². The molecule has 1 aliphatic carbocycles. The van der Waals surface area contributed by atoms with Crippen LogP contribution in [0, 0.1) is 0 Å². The lowest BCUT2D eigenvalue weighted by molar-refractivity contribution is -0.137. The fourth-order valence-electron chi connectivity index (χ4n) is 4.42. The van der Waals surface area contributed by atoms with E-state index in [1.807, 2.05) is 0 Å². The van der Waals surface area contributed by atoms with Crippen molar-refractivity contribution in [3.63, 3.8) is 0 Å². The number of anilines is 2. The molecule has 3 heterocycles. The summed E-state index contributed by atoms with van der Waals surface area (Å²) in [4.78, 5) is 18.3. The van der Waals surface area contributed by atoms with Crippen molar-refractivity contribution in [1.82, 2.24) is 14.8 Å². The summed E-state index contributed by atoms with van der Waals surface area (Å²) >= 11 is 0. The van der Waals surface area contributed by atoms with Crippen LogP contribution in [-0.4, -0.2) is 45.1 Å². The van der Waals surface area contributed by atoms with Crippen LogP contribution in [0.1, 0.15) is 50.1 Å². The first-order chi connectivity index (χ1) is 14.8. The summed E-state index contributed by atoms with van der Waals surface area (Å²) in [5.74, 6) is 1.05. The highest BCUT2D eigenvalue weighted by Crippen LogP contribution is 2.30. The van der Waals surface area contributed by atoms with Crippen molar-refractivity contribution in [3.05, 3.63) is 46.4 Å². The molecule has 3 atom stereocenters. The number of halogens is 3. The molecule has 1 saturated carbocycles. The minimum atomic E-state index is -4.41. The Hall–Kier alpha value is -2.62. The van der Waals surface area contributed by atoms with Gasteiger partial charge in [0.1, 0.15) is 11.6 Å². The summed E-state index contributed by atoms with van der Waals surface area (Å²) in [5, 5.41) is 17.9. The predicted molar refractivity (Wildman–Crippen MR) is 110 cm³/mol. The number of hydrogen-bond acceptors (Lipinski definition) is 6. The molecule has 0 radical (unpaired) electrons. The average Bonchev–Trinajstić information content (AvgIpc) is 3.18. The maximum atomic E-state index is 12.7. The van der Waals surface area contributed by atoms with E-state index in [-0.39, 0.29) is 17.6 Å².